The molecule has 2 N–H and O–H groups in total. The molecule has 7 nitrogen and oxygen atoms in total. The van der Waals surface area contributed by atoms with E-state index in [1.165, 1.54) is 18.0 Å². The van der Waals surface area contributed by atoms with Crippen LogP contribution in [0, 0.1) is 0 Å². The van der Waals surface area contributed by atoms with Gasteiger partial charge in [0.2, 0.25) is 0 Å². The van der Waals surface area contributed by atoms with Crippen molar-refractivity contribution < 1.29 is 9.53 Å². The fourth-order valence-electron chi connectivity index (χ4n) is 3.85. The number of methoxy groups -OCH3 is 1. The molecule has 1 fully saturated rings. The number of nitrogens with zero attached hydrogens (tertiary/aromatic N) is 4. The van der Waals surface area contributed by atoms with Gasteiger partial charge in [-0.1, -0.05) is 54.6 Å². The summed E-state index contributed by atoms with van der Waals surface area (Å²) < 4.78 is 6.25. The Balaban J connectivity index is 1.66. The maximum absolute atomic E-state index is 11.9. The van der Waals surface area contributed by atoms with Crippen LogP contribution in [-0.4, -0.2) is 32.7 Å². The summed E-state index contributed by atoms with van der Waals surface area (Å²) in [4.78, 5) is 20.8. The lowest BCUT2D eigenvalue weighted by atomic mass is 9.72. The molecular formula is C23H21N5O2. The number of hydrogen-bond acceptors (Lipinski definition) is 6. The third kappa shape index (κ3) is 3.04. The molecule has 150 valence electrons. The van der Waals surface area contributed by atoms with Gasteiger partial charge in [0, 0.05) is 22.9 Å². The zero-order valence-electron chi connectivity index (χ0n) is 16.6. The summed E-state index contributed by atoms with van der Waals surface area (Å²) in [7, 11) is 1.30. The van der Waals surface area contributed by atoms with Crippen LogP contribution in [0.15, 0.2) is 60.8 Å². The smallest absolute Gasteiger partial charge is 0.378 e. The molecule has 0 atom stereocenters. The Hall–Kier alpha value is -3.58. The molecule has 1 aliphatic carbocycles. The minimum atomic E-state index is -0.596. The molecule has 0 amide bonds. The predicted octanol–water partition coefficient (Wildman–Crippen LogP) is 3.58. The highest BCUT2D eigenvalue weighted by molar-refractivity contribution is 5.86. The average molecular weight is 399 g/mol. The number of hydrogen-bond donors (Lipinski definition) is 1. The number of fused-ring (bicyclic) bond motifs is 1. The number of nitrogens with two attached hydrogens (primary N) is 1. The van der Waals surface area contributed by atoms with Crippen molar-refractivity contribution in [3.05, 3.63) is 72.2 Å². The molecule has 0 spiro atoms. The van der Waals surface area contributed by atoms with E-state index < -0.39 is 5.97 Å². The SMILES string of the molecule is COC(=O)c1nc2nc(-c3ccc(C4(N)CCC4)cc3)c(-c3ccccc3)cn2n1. The van der Waals surface area contributed by atoms with E-state index in [0.29, 0.717) is 5.78 Å². The van der Waals surface area contributed by atoms with Crippen LogP contribution in [0.4, 0.5) is 0 Å². The summed E-state index contributed by atoms with van der Waals surface area (Å²) in [5, 5.41) is 4.22. The van der Waals surface area contributed by atoms with Crippen LogP contribution >= 0.6 is 0 Å². The van der Waals surface area contributed by atoms with E-state index in [4.69, 9.17) is 15.5 Å². The first-order chi connectivity index (χ1) is 14.6. The topological polar surface area (TPSA) is 95.4 Å². The lowest BCUT2D eigenvalue weighted by molar-refractivity contribution is 0.0587. The third-order valence-electron chi connectivity index (χ3n) is 5.76. The molecule has 1 aliphatic rings. The van der Waals surface area contributed by atoms with Crippen LogP contribution in [0.25, 0.3) is 28.2 Å². The van der Waals surface area contributed by atoms with Gasteiger partial charge in [0.05, 0.1) is 12.8 Å². The number of aromatic nitrogens is 4. The molecule has 4 aromatic rings. The van der Waals surface area contributed by atoms with E-state index in [2.05, 4.69) is 22.2 Å². The van der Waals surface area contributed by atoms with Crippen molar-refractivity contribution in [3.8, 4) is 22.4 Å². The van der Waals surface area contributed by atoms with Crippen LogP contribution in [0.3, 0.4) is 0 Å². The lowest BCUT2D eigenvalue weighted by Gasteiger charge is -2.38. The second-order valence-electron chi connectivity index (χ2n) is 7.63. The monoisotopic (exact) mass is 399 g/mol. The van der Waals surface area contributed by atoms with Crippen molar-refractivity contribution in [2.75, 3.05) is 7.11 Å². The Bertz CT molecular complexity index is 1230. The van der Waals surface area contributed by atoms with Gasteiger partial charge in [-0.05, 0) is 30.4 Å². The number of carbonyl (C=O) groups excluding carboxylic acids is 1. The largest absolute Gasteiger partial charge is 0.463 e. The quantitative estimate of drug-likeness (QED) is 0.527. The van der Waals surface area contributed by atoms with Gasteiger partial charge in [0.1, 0.15) is 0 Å². The van der Waals surface area contributed by atoms with Gasteiger partial charge in [-0.25, -0.2) is 14.3 Å². The zero-order valence-corrected chi connectivity index (χ0v) is 16.6. The zero-order chi connectivity index (χ0) is 20.7. The Labute approximate surface area is 173 Å². The van der Waals surface area contributed by atoms with Gasteiger partial charge in [-0.3, -0.25) is 0 Å². The number of ether oxygens (including phenoxy) is 1. The van der Waals surface area contributed by atoms with Gasteiger partial charge < -0.3 is 10.5 Å². The highest BCUT2D eigenvalue weighted by atomic mass is 16.5. The van der Waals surface area contributed by atoms with Crippen molar-refractivity contribution in [3.63, 3.8) is 0 Å². The normalized spacial score (nSPS) is 15.0. The maximum Gasteiger partial charge on any atom is 0.378 e. The van der Waals surface area contributed by atoms with E-state index in [1.807, 2.05) is 48.7 Å². The molecule has 0 unspecified atom stereocenters. The van der Waals surface area contributed by atoms with Crippen LogP contribution in [0.1, 0.15) is 35.4 Å². The Kier molecular flexibility index (Phi) is 4.33. The standard InChI is InChI=1S/C23H21N5O2/c1-30-21(29)20-26-22-25-19(16-8-10-17(11-9-16)23(24)12-5-13-23)18(14-28(22)27-20)15-6-3-2-4-7-15/h2-4,6-11,14H,5,12-13,24H2,1H3. The summed E-state index contributed by atoms with van der Waals surface area (Å²) in [5.41, 5.74) is 11.0. The number of rotatable bonds is 4. The molecule has 0 radical (unpaired) electrons. The van der Waals surface area contributed by atoms with Gasteiger partial charge in [0.15, 0.2) is 0 Å². The highest BCUT2D eigenvalue weighted by Gasteiger charge is 2.34. The van der Waals surface area contributed by atoms with Crippen LogP contribution < -0.4 is 5.73 Å². The maximum atomic E-state index is 11.9. The molecule has 0 aliphatic heterocycles. The van der Waals surface area contributed by atoms with Crippen LogP contribution in [-0.2, 0) is 10.3 Å². The summed E-state index contributed by atoms with van der Waals surface area (Å²) >= 11 is 0. The van der Waals surface area contributed by atoms with Crippen molar-refractivity contribution in [2.24, 2.45) is 5.73 Å². The summed E-state index contributed by atoms with van der Waals surface area (Å²) in [6.45, 7) is 0. The number of esters is 1. The van der Waals surface area contributed by atoms with E-state index in [0.717, 1.165) is 40.8 Å². The van der Waals surface area contributed by atoms with E-state index in [-0.39, 0.29) is 11.4 Å². The minimum absolute atomic E-state index is 0.0217. The second kappa shape index (κ2) is 7.03. The Morgan fingerprint density at radius 3 is 2.40 bits per heavy atom. The minimum Gasteiger partial charge on any atom is -0.463 e. The Morgan fingerprint density at radius 1 is 1.03 bits per heavy atom. The average Bonchev–Trinajstić information content (AvgIpc) is 3.20. The molecule has 7 heteroatoms. The van der Waals surface area contributed by atoms with Gasteiger partial charge in [-0.15, -0.1) is 5.10 Å². The summed E-state index contributed by atoms with van der Waals surface area (Å²) in [6.07, 6.45) is 5.05. The predicted molar refractivity (Wildman–Crippen MR) is 113 cm³/mol. The van der Waals surface area contributed by atoms with Crippen molar-refractivity contribution >= 4 is 11.7 Å². The number of carbonyl (C=O) groups is 1. The number of benzene rings is 2. The fraction of sp³-hybridized carbons (Fsp3) is 0.217. The second-order valence-corrected chi connectivity index (χ2v) is 7.63. The molecule has 2 aromatic heterocycles. The molecular weight excluding hydrogens is 378 g/mol. The molecule has 0 bridgehead atoms. The molecule has 1 saturated carbocycles. The van der Waals surface area contributed by atoms with Crippen molar-refractivity contribution in [2.45, 2.75) is 24.8 Å². The van der Waals surface area contributed by atoms with Crippen molar-refractivity contribution in [1.82, 2.24) is 19.6 Å². The van der Waals surface area contributed by atoms with Gasteiger partial charge in [0.25, 0.3) is 11.6 Å². The van der Waals surface area contributed by atoms with Crippen LogP contribution in [0.5, 0.6) is 0 Å². The van der Waals surface area contributed by atoms with Crippen molar-refractivity contribution in [1.29, 1.82) is 0 Å². The Morgan fingerprint density at radius 2 is 1.77 bits per heavy atom. The van der Waals surface area contributed by atoms with E-state index in [9.17, 15) is 4.79 Å². The van der Waals surface area contributed by atoms with Crippen LogP contribution in [0.2, 0.25) is 0 Å². The first-order valence-electron chi connectivity index (χ1n) is 9.88. The van der Waals surface area contributed by atoms with Gasteiger partial charge >= 0.3 is 5.97 Å². The molecule has 30 heavy (non-hydrogen) atoms. The highest BCUT2D eigenvalue weighted by Crippen LogP contribution is 2.39. The molecule has 2 heterocycles. The molecule has 2 aromatic carbocycles. The van der Waals surface area contributed by atoms with E-state index in [1.54, 1.807) is 0 Å². The molecule has 5 rings (SSSR count). The summed E-state index contributed by atoms with van der Waals surface area (Å²) in [5.74, 6) is -0.281. The van der Waals surface area contributed by atoms with E-state index >= 15 is 0 Å². The first kappa shape index (κ1) is 18.4. The first-order valence-corrected chi connectivity index (χ1v) is 9.88. The summed E-state index contributed by atoms with van der Waals surface area (Å²) in [6, 6.07) is 18.2. The van der Waals surface area contributed by atoms with Gasteiger partial charge in [-0.2, -0.15) is 4.98 Å². The lowest BCUT2D eigenvalue weighted by Crippen LogP contribution is -2.43. The molecule has 0 saturated heterocycles. The fourth-order valence-corrected chi connectivity index (χ4v) is 3.85. The third-order valence-corrected chi connectivity index (χ3v) is 5.76.